The lowest BCUT2D eigenvalue weighted by atomic mass is 10.0. The van der Waals surface area contributed by atoms with Crippen molar-refractivity contribution in [2.24, 2.45) is 0 Å². The van der Waals surface area contributed by atoms with Gasteiger partial charge in [-0.15, -0.1) is 0 Å². The number of Topliss-reactive ketones (excluding diaryl/α,β-unsaturated/α-hetero) is 2. The van der Waals surface area contributed by atoms with E-state index < -0.39 is 0 Å². The summed E-state index contributed by atoms with van der Waals surface area (Å²) in [7, 11) is 2.06. The minimum atomic E-state index is 0.0672. The molecule has 1 aliphatic heterocycles. The number of carbonyl (C=O) groups excluding carboxylic acids is 2. The van der Waals surface area contributed by atoms with Gasteiger partial charge in [0.15, 0.2) is 5.78 Å². The van der Waals surface area contributed by atoms with Crippen LogP contribution in [0.25, 0.3) is 0 Å². The zero-order valence-corrected chi connectivity index (χ0v) is 10.3. The van der Waals surface area contributed by atoms with E-state index in [9.17, 15) is 9.59 Å². The molecule has 0 saturated carbocycles. The molecule has 0 spiro atoms. The van der Waals surface area contributed by atoms with Gasteiger partial charge in [0.25, 0.3) is 0 Å². The second kappa shape index (κ2) is 4.70. The van der Waals surface area contributed by atoms with E-state index in [1.54, 1.807) is 0 Å². The molecule has 0 saturated heterocycles. The van der Waals surface area contributed by atoms with Crippen LogP contribution in [0.3, 0.4) is 0 Å². The van der Waals surface area contributed by atoms with Crippen LogP contribution in [0.15, 0.2) is 18.2 Å². The Hall–Kier alpha value is -1.64. The highest BCUT2D eigenvalue weighted by atomic mass is 16.1. The van der Waals surface area contributed by atoms with E-state index in [0.29, 0.717) is 12.8 Å². The molecule has 1 aromatic carbocycles. The first-order valence-corrected chi connectivity index (χ1v) is 5.94. The van der Waals surface area contributed by atoms with Crippen LogP contribution in [-0.2, 0) is 11.2 Å². The molecule has 0 aliphatic carbocycles. The SMILES string of the molecule is CC(=O)CCC(=O)c1ccc2c(c1)CCN2C. The maximum absolute atomic E-state index is 11.9. The highest BCUT2D eigenvalue weighted by molar-refractivity contribution is 5.98. The molecule has 3 heteroatoms. The van der Waals surface area contributed by atoms with Crippen LogP contribution in [0.5, 0.6) is 0 Å². The molecule has 0 atom stereocenters. The molecule has 3 nitrogen and oxygen atoms in total. The molecule has 0 N–H and O–H groups in total. The highest BCUT2D eigenvalue weighted by Crippen LogP contribution is 2.27. The van der Waals surface area contributed by atoms with E-state index in [2.05, 4.69) is 11.9 Å². The Morgan fingerprint density at radius 2 is 2.06 bits per heavy atom. The molecule has 1 heterocycles. The zero-order valence-electron chi connectivity index (χ0n) is 10.3. The second-order valence-corrected chi connectivity index (χ2v) is 4.64. The predicted molar refractivity (Wildman–Crippen MR) is 67.7 cm³/mol. The van der Waals surface area contributed by atoms with Crippen molar-refractivity contribution in [2.45, 2.75) is 26.2 Å². The number of hydrogen-bond acceptors (Lipinski definition) is 3. The second-order valence-electron chi connectivity index (χ2n) is 4.64. The summed E-state index contributed by atoms with van der Waals surface area (Å²) >= 11 is 0. The van der Waals surface area contributed by atoms with Gasteiger partial charge in [-0.1, -0.05) is 0 Å². The number of benzene rings is 1. The summed E-state index contributed by atoms with van der Waals surface area (Å²) in [4.78, 5) is 24.9. The molecule has 1 aliphatic rings. The van der Waals surface area contributed by atoms with Gasteiger partial charge < -0.3 is 9.69 Å². The predicted octanol–water partition coefficient (Wildman–Crippen LogP) is 2.23. The van der Waals surface area contributed by atoms with Gasteiger partial charge in [0.05, 0.1) is 0 Å². The molecule has 0 unspecified atom stereocenters. The third-order valence-corrected chi connectivity index (χ3v) is 3.23. The molecule has 0 bridgehead atoms. The van der Waals surface area contributed by atoms with E-state index in [1.807, 2.05) is 18.2 Å². The van der Waals surface area contributed by atoms with Crippen LogP contribution in [0.2, 0.25) is 0 Å². The van der Waals surface area contributed by atoms with Crippen LogP contribution in [0.4, 0.5) is 5.69 Å². The summed E-state index contributed by atoms with van der Waals surface area (Å²) in [6.45, 7) is 2.53. The molecule has 0 aromatic heterocycles. The molecule has 2 rings (SSSR count). The fraction of sp³-hybridized carbons (Fsp3) is 0.429. The van der Waals surface area contributed by atoms with E-state index in [1.165, 1.54) is 18.2 Å². The quantitative estimate of drug-likeness (QED) is 0.746. The number of anilines is 1. The van der Waals surface area contributed by atoms with Crippen molar-refractivity contribution in [3.63, 3.8) is 0 Å². The lowest BCUT2D eigenvalue weighted by molar-refractivity contribution is -0.116. The topological polar surface area (TPSA) is 37.4 Å². The fourth-order valence-corrected chi connectivity index (χ4v) is 2.17. The number of carbonyl (C=O) groups is 2. The van der Waals surface area contributed by atoms with Crippen LogP contribution < -0.4 is 4.90 Å². The van der Waals surface area contributed by atoms with Gasteiger partial charge in [0.1, 0.15) is 5.78 Å². The van der Waals surface area contributed by atoms with E-state index in [0.717, 1.165) is 18.5 Å². The molecule has 0 radical (unpaired) electrons. The van der Waals surface area contributed by atoms with Crippen molar-refractivity contribution < 1.29 is 9.59 Å². The lowest BCUT2D eigenvalue weighted by Crippen LogP contribution is -2.12. The first-order chi connectivity index (χ1) is 8.08. The Morgan fingerprint density at radius 1 is 1.29 bits per heavy atom. The molecule has 0 fully saturated rings. The van der Waals surface area contributed by atoms with Crippen molar-refractivity contribution in [1.29, 1.82) is 0 Å². The summed E-state index contributed by atoms with van der Waals surface area (Å²) in [5.74, 6) is 0.136. The van der Waals surface area contributed by atoms with Gasteiger partial charge in [0, 0.05) is 37.7 Å². The van der Waals surface area contributed by atoms with Gasteiger partial charge in [-0.25, -0.2) is 0 Å². The van der Waals surface area contributed by atoms with Crippen LogP contribution >= 0.6 is 0 Å². The first-order valence-electron chi connectivity index (χ1n) is 5.94. The van der Waals surface area contributed by atoms with Crippen LogP contribution in [0.1, 0.15) is 35.7 Å². The minimum Gasteiger partial charge on any atom is -0.374 e. The molecule has 90 valence electrons. The third kappa shape index (κ3) is 2.54. The van der Waals surface area contributed by atoms with E-state index in [4.69, 9.17) is 0 Å². The fourth-order valence-electron chi connectivity index (χ4n) is 2.17. The highest BCUT2D eigenvalue weighted by Gasteiger charge is 2.17. The Balaban J connectivity index is 2.12. The minimum absolute atomic E-state index is 0.0672. The summed E-state index contributed by atoms with van der Waals surface area (Å²) < 4.78 is 0. The van der Waals surface area contributed by atoms with Crippen LogP contribution in [-0.4, -0.2) is 25.2 Å². The molecular weight excluding hydrogens is 214 g/mol. The van der Waals surface area contributed by atoms with Gasteiger partial charge in [0.2, 0.25) is 0 Å². The average Bonchev–Trinajstić information content (AvgIpc) is 2.67. The number of hydrogen-bond donors (Lipinski definition) is 0. The monoisotopic (exact) mass is 231 g/mol. The largest absolute Gasteiger partial charge is 0.374 e. The molecule has 0 amide bonds. The lowest BCUT2D eigenvalue weighted by Gasteiger charge is -2.11. The Kier molecular flexibility index (Phi) is 3.27. The Labute approximate surface area is 101 Å². The molecular formula is C14H17NO2. The van der Waals surface area contributed by atoms with Gasteiger partial charge in [-0.3, -0.25) is 4.79 Å². The first kappa shape index (κ1) is 11.8. The van der Waals surface area contributed by atoms with Gasteiger partial charge in [-0.05, 0) is 37.1 Å². The van der Waals surface area contributed by atoms with Crippen LogP contribution in [0, 0.1) is 0 Å². The van der Waals surface area contributed by atoms with Gasteiger partial charge >= 0.3 is 0 Å². The smallest absolute Gasteiger partial charge is 0.163 e. The Bertz CT molecular complexity index is 465. The third-order valence-electron chi connectivity index (χ3n) is 3.23. The Morgan fingerprint density at radius 3 is 2.76 bits per heavy atom. The number of fused-ring (bicyclic) bond motifs is 1. The summed E-state index contributed by atoms with van der Waals surface area (Å²) in [6, 6.07) is 5.84. The van der Waals surface area contributed by atoms with Crippen molar-refractivity contribution in [1.82, 2.24) is 0 Å². The van der Waals surface area contributed by atoms with Crippen molar-refractivity contribution in [2.75, 3.05) is 18.5 Å². The van der Waals surface area contributed by atoms with Gasteiger partial charge in [-0.2, -0.15) is 0 Å². The average molecular weight is 231 g/mol. The maximum Gasteiger partial charge on any atom is 0.163 e. The molecule has 17 heavy (non-hydrogen) atoms. The maximum atomic E-state index is 11.9. The summed E-state index contributed by atoms with van der Waals surface area (Å²) in [6.07, 6.45) is 1.67. The summed E-state index contributed by atoms with van der Waals surface area (Å²) in [5.41, 5.74) is 3.19. The zero-order chi connectivity index (χ0) is 12.4. The summed E-state index contributed by atoms with van der Waals surface area (Å²) in [5, 5.41) is 0. The number of nitrogens with zero attached hydrogens (tertiary/aromatic N) is 1. The number of rotatable bonds is 4. The standard InChI is InChI=1S/C14H17NO2/c1-10(16)3-6-14(17)12-4-5-13-11(9-12)7-8-15(13)2/h4-5,9H,3,6-8H2,1-2H3. The molecule has 1 aromatic rings. The normalized spacial score (nSPS) is 13.6. The van der Waals surface area contributed by atoms with Crippen molar-refractivity contribution >= 4 is 17.3 Å². The van der Waals surface area contributed by atoms with Crippen molar-refractivity contribution in [3.8, 4) is 0 Å². The number of ketones is 2. The number of likely N-dealkylation sites (N-methyl/N-ethyl adjacent to an activating group) is 1. The van der Waals surface area contributed by atoms with E-state index in [-0.39, 0.29) is 11.6 Å². The van der Waals surface area contributed by atoms with Crippen molar-refractivity contribution in [3.05, 3.63) is 29.3 Å². The van der Waals surface area contributed by atoms with E-state index >= 15 is 0 Å².